The summed E-state index contributed by atoms with van der Waals surface area (Å²) >= 11 is 0. The number of Topliss-reactive ketones (excluding diaryl/α,β-unsaturated/α-hetero) is 3. The molecule has 3 fully saturated rings. The molecule has 7 unspecified atom stereocenters. The lowest BCUT2D eigenvalue weighted by molar-refractivity contribution is -0.282. The van der Waals surface area contributed by atoms with Crippen LogP contribution in [0.2, 0.25) is 0 Å². The van der Waals surface area contributed by atoms with E-state index in [0.717, 1.165) is 44.6 Å². The van der Waals surface area contributed by atoms with Crippen LogP contribution in [-0.2, 0) is 76.3 Å². The van der Waals surface area contributed by atoms with Crippen molar-refractivity contribution in [2.75, 3.05) is 99.2 Å². The standard InChI is InChI=1S/C74H133N7O25.C4H10/c1-50-66(94)68(96)57(47-82)104-72(50)101-42-22-8-12-32-61(90)76-38-20-17-31-56(88)55(30-16-19-37-77-63(92)35-25-29-53(86)27-11-6-5-7-21-41-100-4)81(46-64(93)79-40-26-39-78-62(91)34-13-9-23-43-102-73-51(2)67(95)69(97)58(48-83)105-73)45-54(87)28-15-18-36-75-60(89)33-14-10-24-44-103-74-65(80-52(3)85)71(99)70(98)59(49-84)106-74;1-4(2)3/h50-51,55,57-59,65-74,82-84,94-99H,5-49H2,1-4H3,(H,75,89)(H,76,90)(H,77,92)(H,78,91)(H,79,93)(H,80,85);4H,1-3H3/t50?,51?,55?,57?,58?,59?,65?,66-,67-,68+,69+,70+,71-,72-,73-,74-;/m1./s1. The van der Waals surface area contributed by atoms with E-state index >= 15 is 0 Å². The molecule has 0 aliphatic carbocycles. The van der Waals surface area contributed by atoms with E-state index < -0.39 is 129 Å². The molecule has 6 amide bonds. The second kappa shape index (κ2) is 61.6. The summed E-state index contributed by atoms with van der Waals surface area (Å²) in [6.07, 6.45) is 2.30. The Morgan fingerprint density at radius 2 is 0.727 bits per heavy atom. The first kappa shape index (κ1) is 101. The van der Waals surface area contributed by atoms with E-state index in [-0.39, 0.29) is 138 Å². The van der Waals surface area contributed by atoms with Crippen LogP contribution in [0.4, 0.5) is 0 Å². The van der Waals surface area contributed by atoms with Crippen molar-refractivity contribution in [2.24, 2.45) is 17.8 Å². The zero-order valence-electron chi connectivity index (χ0n) is 67.1. The van der Waals surface area contributed by atoms with E-state index in [1.165, 1.54) is 6.92 Å². The van der Waals surface area contributed by atoms with Gasteiger partial charge in [0.05, 0.1) is 51.2 Å². The molecule has 16 atom stereocenters. The molecule has 3 aliphatic heterocycles. The number of ketones is 3. The molecule has 110 heavy (non-hydrogen) atoms. The first-order valence-corrected chi connectivity index (χ1v) is 40.8. The van der Waals surface area contributed by atoms with Gasteiger partial charge < -0.3 is 111 Å². The topological polar surface area (TPSA) is 476 Å². The largest absolute Gasteiger partial charge is 0.394 e. The number of nitrogens with zero attached hydrogens (tertiary/aromatic N) is 1. The Morgan fingerprint density at radius 1 is 0.382 bits per heavy atom. The number of aliphatic hydroxyl groups excluding tert-OH is 9. The Hall–Kier alpha value is -4.85. The minimum Gasteiger partial charge on any atom is -0.394 e. The average molecular weight is 1580 g/mol. The monoisotopic (exact) mass is 1580 g/mol. The van der Waals surface area contributed by atoms with Crippen molar-refractivity contribution >= 4 is 52.8 Å². The molecule has 3 saturated heterocycles. The van der Waals surface area contributed by atoms with Crippen LogP contribution in [0.1, 0.15) is 241 Å². The Labute approximate surface area is 652 Å². The van der Waals surface area contributed by atoms with Gasteiger partial charge in [-0.3, -0.25) is 48.1 Å². The Kier molecular flexibility index (Phi) is 56.7. The van der Waals surface area contributed by atoms with Crippen molar-refractivity contribution in [1.82, 2.24) is 36.8 Å². The zero-order chi connectivity index (χ0) is 81.6. The lowest BCUT2D eigenvalue weighted by Gasteiger charge is -2.42. The Balaban J connectivity index is 0.0000100. The molecule has 0 aromatic rings. The molecule has 3 aliphatic rings. The van der Waals surface area contributed by atoms with E-state index in [2.05, 4.69) is 52.7 Å². The summed E-state index contributed by atoms with van der Waals surface area (Å²) in [5, 5.41) is 107. The van der Waals surface area contributed by atoms with Gasteiger partial charge in [0.1, 0.15) is 66.1 Å². The predicted molar refractivity (Wildman–Crippen MR) is 408 cm³/mol. The quantitative estimate of drug-likeness (QED) is 0.0389. The minimum absolute atomic E-state index is 0.0751. The molecule has 32 nitrogen and oxygen atoms in total. The van der Waals surface area contributed by atoms with Gasteiger partial charge in [0.25, 0.3) is 0 Å². The molecule has 0 aromatic heterocycles. The van der Waals surface area contributed by atoms with Crippen molar-refractivity contribution in [2.45, 2.75) is 326 Å². The van der Waals surface area contributed by atoms with E-state index in [9.17, 15) is 89.1 Å². The summed E-state index contributed by atoms with van der Waals surface area (Å²) in [4.78, 5) is 119. The van der Waals surface area contributed by atoms with Crippen LogP contribution in [0, 0.1) is 17.8 Å². The number of methoxy groups -OCH3 is 1. The fourth-order valence-corrected chi connectivity index (χ4v) is 12.8. The maximum Gasteiger partial charge on any atom is 0.234 e. The van der Waals surface area contributed by atoms with Crippen LogP contribution in [0.25, 0.3) is 0 Å². The van der Waals surface area contributed by atoms with E-state index in [4.69, 9.17) is 33.2 Å². The number of amides is 6. The highest BCUT2D eigenvalue weighted by Crippen LogP contribution is 2.29. The van der Waals surface area contributed by atoms with Gasteiger partial charge in [0.2, 0.25) is 35.4 Å². The number of hydrogen-bond donors (Lipinski definition) is 15. The van der Waals surface area contributed by atoms with Gasteiger partial charge in [0, 0.05) is 136 Å². The number of aliphatic hydroxyl groups is 9. The van der Waals surface area contributed by atoms with E-state index in [1.54, 1.807) is 25.9 Å². The maximum absolute atomic E-state index is 14.5. The lowest BCUT2D eigenvalue weighted by atomic mass is 9.92. The third-order valence-corrected chi connectivity index (χ3v) is 19.4. The molecule has 3 heterocycles. The number of ether oxygens (including phenoxy) is 7. The molecule has 640 valence electrons. The molecular weight excluding hydrogens is 1430 g/mol. The van der Waals surface area contributed by atoms with E-state index in [0.29, 0.717) is 135 Å². The number of carbonyl (C=O) groups is 9. The van der Waals surface area contributed by atoms with Crippen LogP contribution in [-0.4, -0.2) is 289 Å². The second-order valence-corrected chi connectivity index (χ2v) is 30.2. The molecule has 15 N–H and O–H groups in total. The van der Waals surface area contributed by atoms with Gasteiger partial charge in [0.15, 0.2) is 18.9 Å². The van der Waals surface area contributed by atoms with Crippen LogP contribution in [0.3, 0.4) is 0 Å². The summed E-state index contributed by atoms with van der Waals surface area (Å²) in [5.74, 6) is -2.18. The summed E-state index contributed by atoms with van der Waals surface area (Å²) in [6, 6.07) is -1.95. The summed E-state index contributed by atoms with van der Waals surface area (Å²) < 4.78 is 39.2. The number of carbonyl (C=O) groups excluding carboxylic acids is 9. The van der Waals surface area contributed by atoms with Crippen molar-refractivity contribution in [3.63, 3.8) is 0 Å². The Morgan fingerprint density at radius 3 is 1.19 bits per heavy atom. The van der Waals surface area contributed by atoms with Crippen LogP contribution < -0.4 is 31.9 Å². The van der Waals surface area contributed by atoms with Crippen LogP contribution in [0.15, 0.2) is 0 Å². The lowest BCUT2D eigenvalue weighted by Crippen LogP contribution is -2.64. The molecule has 0 radical (unpaired) electrons. The third kappa shape index (κ3) is 44.7. The number of nitrogens with one attached hydrogen (secondary N) is 6. The highest BCUT2D eigenvalue weighted by molar-refractivity contribution is 5.88. The van der Waals surface area contributed by atoms with Crippen LogP contribution in [0.5, 0.6) is 0 Å². The van der Waals surface area contributed by atoms with Gasteiger partial charge in [-0.05, 0) is 115 Å². The normalized spacial score (nSPS) is 24.2. The zero-order valence-corrected chi connectivity index (χ0v) is 67.1. The van der Waals surface area contributed by atoms with Crippen molar-refractivity contribution in [3.8, 4) is 0 Å². The number of unbranched alkanes of at least 4 members (excludes halogenated alkanes) is 13. The molecule has 0 bridgehead atoms. The minimum atomic E-state index is -1.44. The summed E-state index contributed by atoms with van der Waals surface area (Å²) in [5.41, 5.74) is 0. The van der Waals surface area contributed by atoms with Crippen molar-refractivity contribution < 1.29 is 122 Å². The average Bonchev–Trinajstić information content (AvgIpc) is 0.824. The number of rotatable bonds is 62. The van der Waals surface area contributed by atoms with Crippen molar-refractivity contribution in [3.05, 3.63) is 0 Å². The van der Waals surface area contributed by atoms with Crippen LogP contribution >= 0.6 is 0 Å². The van der Waals surface area contributed by atoms with E-state index in [1.807, 2.05) is 0 Å². The SMILES string of the molecule is CC(C)C.COCCCCCCCC(=O)CCCC(=O)NCCCCC(C(=O)CCCCNC(=O)CCCCCO[C@@H]1OC(CO)[C@H](O)[C@H](O)C1C)N(CC(=O)CCCCNC(=O)CCCCCO[C@@H]1OC(CO)[C@H](O)[C@H](O)C1NC(C)=O)CC(=O)NCCCNC(=O)CCCCCO[C@@H]1OC(CO)[C@H](O)[C@H](O)C1C. The summed E-state index contributed by atoms with van der Waals surface area (Å²) in [6.45, 7) is 11.8. The molecule has 0 aromatic carbocycles. The third-order valence-electron chi connectivity index (χ3n) is 19.4. The molecule has 0 spiro atoms. The Bertz CT molecular complexity index is 2520. The van der Waals surface area contributed by atoms with Gasteiger partial charge in [-0.1, -0.05) is 73.1 Å². The molecule has 0 saturated carbocycles. The van der Waals surface area contributed by atoms with Gasteiger partial charge in [-0.2, -0.15) is 0 Å². The molecule has 32 heteroatoms. The predicted octanol–water partition coefficient (Wildman–Crippen LogP) is 2.49. The fraction of sp³-hybridized carbons (Fsp3) is 0.885. The molecular formula is C78H143N7O25. The van der Waals surface area contributed by atoms with Gasteiger partial charge in [-0.15, -0.1) is 0 Å². The van der Waals surface area contributed by atoms with Crippen molar-refractivity contribution in [1.29, 1.82) is 0 Å². The van der Waals surface area contributed by atoms with Gasteiger partial charge >= 0.3 is 0 Å². The highest BCUT2D eigenvalue weighted by atomic mass is 16.7. The second-order valence-electron chi connectivity index (χ2n) is 30.2. The van der Waals surface area contributed by atoms with Gasteiger partial charge in [-0.25, -0.2) is 0 Å². The fourth-order valence-electron chi connectivity index (χ4n) is 12.8. The maximum atomic E-state index is 14.5. The number of hydrogen-bond acceptors (Lipinski definition) is 26. The first-order chi connectivity index (χ1) is 52.7. The molecule has 3 rings (SSSR count). The smallest absolute Gasteiger partial charge is 0.234 e. The first-order valence-electron chi connectivity index (χ1n) is 40.8. The highest BCUT2D eigenvalue weighted by Gasteiger charge is 2.46. The summed E-state index contributed by atoms with van der Waals surface area (Å²) in [7, 11) is 1.68.